The zero-order chi connectivity index (χ0) is 24.5. The van der Waals surface area contributed by atoms with Gasteiger partial charge in [0.15, 0.2) is 0 Å². The van der Waals surface area contributed by atoms with Gasteiger partial charge in [-0.2, -0.15) is 0 Å². The Morgan fingerprint density at radius 2 is 1.85 bits per heavy atom. The third-order valence-electron chi connectivity index (χ3n) is 5.73. The van der Waals surface area contributed by atoms with Gasteiger partial charge in [-0.05, 0) is 37.1 Å². The number of nitrogens with zero attached hydrogens (tertiary/aromatic N) is 2. The molecule has 0 spiro atoms. The van der Waals surface area contributed by atoms with Gasteiger partial charge in [0.25, 0.3) is 0 Å². The van der Waals surface area contributed by atoms with Crippen molar-refractivity contribution in [1.82, 2.24) is 15.1 Å². The molecule has 0 unspecified atom stereocenters. The van der Waals surface area contributed by atoms with Gasteiger partial charge in [-0.25, -0.2) is 4.79 Å². The van der Waals surface area contributed by atoms with Gasteiger partial charge >= 0.3 is 6.03 Å². The molecule has 182 valence electrons. The predicted molar refractivity (Wildman–Crippen MR) is 135 cm³/mol. The van der Waals surface area contributed by atoms with E-state index < -0.39 is 6.04 Å². The molecule has 4 amide bonds. The molecule has 2 aromatic carbocycles. The maximum Gasteiger partial charge on any atom is 0.322 e. The first-order valence-electron chi connectivity index (χ1n) is 11.4. The Balaban J connectivity index is 1.64. The van der Waals surface area contributed by atoms with Crippen molar-refractivity contribution in [2.24, 2.45) is 0 Å². The Morgan fingerprint density at radius 3 is 2.53 bits per heavy atom. The van der Waals surface area contributed by atoms with E-state index >= 15 is 0 Å². The van der Waals surface area contributed by atoms with E-state index in [1.807, 2.05) is 37.3 Å². The second kappa shape index (κ2) is 12.6. The van der Waals surface area contributed by atoms with Gasteiger partial charge in [0.1, 0.15) is 6.04 Å². The number of amides is 4. The van der Waals surface area contributed by atoms with Crippen LogP contribution in [0.5, 0.6) is 0 Å². The SMILES string of the molecule is C[C@H]1CN(C(=O)[C@@H](Cc2ccccc2)NC(=O)CCCCl)CCN1C(=O)Nc1cccc(Cl)c1. The highest BCUT2D eigenvalue weighted by molar-refractivity contribution is 6.30. The maximum absolute atomic E-state index is 13.4. The molecule has 2 aromatic rings. The first-order chi connectivity index (χ1) is 16.4. The zero-order valence-corrected chi connectivity index (χ0v) is 20.7. The normalized spacial score (nSPS) is 16.6. The topological polar surface area (TPSA) is 81.8 Å². The number of carbonyl (C=O) groups is 3. The highest BCUT2D eigenvalue weighted by atomic mass is 35.5. The van der Waals surface area contributed by atoms with Crippen molar-refractivity contribution in [2.45, 2.75) is 38.3 Å². The molecule has 0 aromatic heterocycles. The monoisotopic (exact) mass is 504 g/mol. The van der Waals surface area contributed by atoms with Crippen molar-refractivity contribution in [3.05, 3.63) is 65.2 Å². The second-order valence-corrected chi connectivity index (χ2v) is 9.18. The third kappa shape index (κ3) is 7.37. The summed E-state index contributed by atoms with van der Waals surface area (Å²) in [4.78, 5) is 42.0. The summed E-state index contributed by atoms with van der Waals surface area (Å²) in [7, 11) is 0. The van der Waals surface area contributed by atoms with Crippen LogP contribution in [0.25, 0.3) is 0 Å². The minimum atomic E-state index is -0.677. The lowest BCUT2D eigenvalue weighted by Crippen LogP contribution is -2.60. The summed E-state index contributed by atoms with van der Waals surface area (Å²) < 4.78 is 0. The zero-order valence-electron chi connectivity index (χ0n) is 19.2. The van der Waals surface area contributed by atoms with Crippen molar-refractivity contribution in [3.63, 3.8) is 0 Å². The van der Waals surface area contributed by atoms with Crippen molar-refractivity contribution in [1.29, 1.82) is 0 Å². The average molecular weight is 505 g/mol. The van der Waals surface area contributed by atoms with Crippen LogP contribution in [0.15, 0.2) is 54.6 Å². The number of carbonyl (C=O) groups excluding carboxylic acids is 3. The van der Waals surface area contributed by atoms with E-state index in [1.165, 1.54) is 0 Å². The molecule has 1 saturated heterocycles. The smallest absolute Gasteiger partial charge is 0.322 e. The van der Waals surface area contributed by atoms with E-state index in [4.69, 9.17) is 23.2 Å². The van der Waals surface area contributed by atoms with Crippen LogP contribution in [-0.4, -0.2) is 65.2 Å². The van der Waals surface area contributed by atoms with E-state index in [9.17, 15) is 14.4 Å². The van der Waals surface area contributed by atoms with Crippen molar-refractivity contribution in [3.8, 4) is 0 Å². The summed E-state index contributed by atoms with van der Waals surface area (Å²) in [6.07, 6.45) is 1.23. The number of hydrogen-bond acceptors (Lipinski definition) is 3. The molecular weight excluding hydrogens is 475 g/mol. The third-order valence-corrected chi connectivity index (χ3v) is 6.23. The number of rotatable bonds is 8. The van der Waals surface area contributed by atoms with Crippen LogP contribution >= 0.6 is 23.2 Å². The fraction of sp³-hybridized carbons (Fsp3) is 0.400. The molecule has 0 bridgehead atoms. The molecule has 34 heavy (non-hydrogen) atoms. The van der Waals surface area contributed by atoms with Crippen LogP contribution < -0.4 is 10.6 Å². The van der Waals surface area contributed by atoms with Crippen LogP contribution in [0.1, 0.15) is 25.3 Å². The van der Waals surface area contributed by atoms with Gasteiger partial charge in [-0.3, -0.25) is 9.59 Å². The fourth-order valence-electron chi connectivity index (χ4n) is 3.99. The summed E-state index contributed by atoms with van der Waals surface area (Å²) in [5, 5.41) is 6.29. The van der Waals surface area contributed by atoms with E-state index in [-0.39, 0.29) is 30.3 Å². The summed E-state index contributed by atoms with van der Waals surface area (Å²) in [6, 6.07) is 15.5. The van der Waals surface area contributed by atoms with Gasteiger partial charge in [0.05, 0.1) is 0 Å². The Kier molecular flexibility index (Phi) is 9.60. The Labute approximate surface area is 210 Å². The largest absolute Gasteiger partial charge is 0.344 e. The number of anilines is 1. The molecule has 0 radical (unpaired) electrons. The number of nitrogens with one attached hydrogen (secondary N) is 2. The summed E-state index contributed by atoms with van der Waals surface area (Å²) in [5.41, 5.74) is 1.58. The molecule has 2 atom stereocenters. The summed E-state index contributed by atoms with van der Waals surface area (Å²) in [6.45, 7) is 3.05. The lowest BCUT2D eigenvalue weighted by Gasteiger charge is -2.41. The number of urea groups is 1. The number of piperazine rings is 1. The lowest BCUT2D eigenvalue weighted by molar-refractivity contribution is -0.138. The maximum atomic E-state index is 13.4. The Hall–Kier alpha value is -2.77. The van der Waals surface area contributed by atoms with E-state index in [0.717, 1.165) is 5.56 Å². The van der Waals surface area contributed by atoms with Gasteiger partial charge < -0.3 is 20.4 Å². The summed E-state index contributed by atoms with van der Waals surface area (Å²) in [5.74, 6) is 0.0499. The average Bonchev–Trinajstić information content (AvgIpc) is 2.82. The van der Waals surface area contributed by atoms with Crippen LogP contribution in [0.4, 0.5) is 10.5 Å². The molecule has 1 aliphatic rings. The van der Waals surface area contributed by atoms with Crippen LogP contribution in [0, 0.1) is 0 Å². The van der Waals surface area contributed by atoms with Crippen molar-refractivity contribution < 1.29 is 14.4 Å². The first-order valence-corrected chi connectivity index (χ1v) is 12.3. The van der Waals surface area contributed by atoms with Gasteiger partial charge in [0, 0.05) is 55.1 Å². The Morgan fingerprint density at radius 1 is 1.09 bits per heavy atom. The Bertz CT molecular complexity index is 989. The second-order valence-electron chi connectivity index (χ2n) is 8.37. The minimum absolute atomic E-state index is 0.148. The molecule has 0 saturated carbocycles. The standard InChI is InChI=1S/C25H30Cl2N4O3/c1-18-17-30(13-14-31(18)25(34)28-21-10-5-9-20(27)16-21)24(33)22(29-23(32)11-6-12-26)15-19-7-3-2-4-8-19/h2-5,7-10,16,18,22H,6,11-15,17H2,1H3,(H,28,34)(H,29,32)/t18-,22+/m0/s1. The molecule has 0 aliphatic carbocycles. The molecule has 1 aliphatic heterocycles. The van der Waals surface area contributed by atoms with Gasteiger partial charge in [-0.1, -0.05) is 48.0 Å². The quantitative estimate of drug-likeness (QED) is 0.529. The lowest BCUT2D eigenvalue weighted by atomic mass is 10.0. The van der Waals surface area contributed by atoms with Crippen LogP contribution in [0.2, 0.25) is 5.02 Å². The molecule has 7 nitrogen and oxygen atoms in total. The number of alkyl halides is 1. The van der Waals surface area contributed by atoms with Crippen molar-refractivity contribution in [2.75, 3.05) is 30.8 Å². The van der Waals surface area contributed by atoms with Gasteiger partial charge in [-0.15, -0.1) is 11.6 Å². The predicted octanol–water partition coefficient (Wildman–Crippen LogP) is 4.15. The van der Waals surface area contributed by atoms with Crippen LogP contribution in [-0.2, 0) is 16.0 Å². The number of benzene rings is 2. The number of halogens is 2. The highest BCUT2D eigenvalue weighted by Crippen LogP contribution is 2.18. The van der Waals surface area contributed by atoms with Crippen molar-refractivity contribution >= 4 is 46.7 Å². The van der Waals surface area contributed by atoms with E-state index in [2.05, 4.69) is 10.6 Å². The van der Waals surface area contributed by atoms with Crippen LogP contribution in [0.3, 0.4) is 0 Å². The fourth-order valence-corrected chi connectivity index (χ4v) is 4.31. The molecule has 2 N–H and O–H groups in total. The highest BCUT2D eigenvalue weighted by Gasteiger charge is 2.33. The minimum Gasteiger partial charge on any atom is -0.344 e. The van der Waals surface area contributed by atoms with E-state index in [1.54, 1.807) is 34.1 Å². The molecular formula is C25H30Cl2N4O3. The number of hydrogen-bond donors (Lipinski definition) is 2. The molecule has 9 heteroatoms. The van der Waals surface area contributed by atoms with E-state index in [0.29, 0.717) is 49.1 Å². The van der Waals surface area contributed by atoms with Gasteiger partial charge in [0.2, 0.25) is 11.8 Å². The molecule has 1 fully saturated rings. The summed E-state index contributed by atoms with van der Waals surface area (Å²) >= 11 is 11.7. The first kappa shape index (κ1) is 25.8. The molecule has 3 rings (SSSR count). The molecule has 1 heterocycles.